The smallest absolute Gasteiger partial charge is 0.132 e. The Labute approximate surface area is 97.3 Å². The molecule has 4 heteroatoms. The Kier molecular flexibility index (Phi) is 3.39. The molecule has 0 N–H and O–H groups in total. The number of hydrogen-bond acceptors (Lipinski definition) is 4. The molecule has 0 radical (unpaired) electrons. The van der Waals surface area contributed by atoms with Crippen molar-refractivity contribution in [1.29, 1.82) is 0 Å². The van der Waals surface area contributed by atoms with E-state index in [4.69, 9.17) is 0 Å². The van der Waals surface area contributed by atoms with Gasteiger partial charge in [-0.2, -0.15) is 0 Å². The molecule has 88 valence electrons. The number of piperazine rings is 1. The fourth-order valence-corrected chi connectivity index (χ4v) is 2.08. The normalized spacial score (nSPS) is 18.1. The summed E-state index contributed by atoms with van der Waals surface area (Å²) in [4.78, 5) is 13.3. The predicted octanol–water partition coefficient (Wildman–Crippen LogP) is 1.32. The standard InChI is InChI=1S/C12H20N4/c1-10(2)15-4-6-16(7-5-15)12-8-11(3)13-9-14-12/h8-10H,4-7H2,1-3H3. The molecule has 0 atom stereocenters. The summed E-state index contributed by atoms with van der Waals surface area (Å²) in [7, 11) is 0. The van der Waals surface area contributed by atoms with Crippen LogP contribution in [0.2, 0.25) is 0 Å². The first-order chi connectivity index (χ1) is 7.66. The molecule has 1 aromatic heterocycles. The topological polar surface area (TPSA) is 32.3 Å². The van der Waals surface area contributed by atoms with Crippen LogP contribution in [0.3, 0.4) is 0 Å². The first-order valence-corrected chi connectivity index (χ1v) is 5.94. The van der Waals surface area contributed by atoms with Crippen molar-refractivity contribution < 1.29 is 0 Å². The van der Waals surface area contributed by atoms with Gasteiger partial charge in [0, 0.05) is 44.0 Å². The van der Waals surface area contributed by atoms with E-state index in [1.165, 1.54) is 0 Å². The second-order valence-corrected chi connectivity index (χ2v) is 4.63. The van der Waals surface area contributed by atoms with E-state index in [0.717, 1.165) is 37.7 Å². The molecule has 2 heterocycles. The number of rotatable bonds is 2. The van der Waals surface area contributed by atoms with Gasteiger partial charge in [-0.25, -0.2) is 9.97 Å². The zero-order chi connectivity index (χ0) is 11.5. The number of hydrogen-bond donors (Lipinski definition) is 0. The molecule has 1 fully saturated rings. The summed E-state index contributed by atoms with van der Waals surface area (Å²) in [5.41, 5.74) is 1.04. The molecule has 1 aliphatic heterocycles. The summed E-state index contributed by atoms with van der Waals surface area (Å²) in [6.07, 6.45) is 1.65. The first kappa shape index (κ1) is 11.3. The average Bonchev–Trinajstić information content (AvgIpc) is 2.29. The van der Waals surface area contributed by atoms with Gasteiger partial charge in [-0.15, -0.1) is 0 Å². The highest BCUT2D eigenvalue weighted by Crippen LogP contribution is 2.14. The molecule has 2 rings (SSSR count). The summed E-state index contributed by atoms with van der Waals surface area (Å²) in [5, 5.41) is 0. The van der Waals surface area contributed by atoms with Crippen LogP contribution in [0, 0.1) is 6.92 Å². The third-order valence-electron chi connectivity index (χ3n) is 3.16. The van der Waals surface area contributed by atoms with E-state index in [2.05, 4.69) is 39.7 Å². The minimum absolute atomic E-state index is 0.647. The van der Waals surface area contributed by atoms with Crippen molar-refractivity contribution in [2.75, 3.05) is 31.1 Å². The minimum atomic E-state index is 0.647. The van der Waals surface area contributed by atoms with Crippen LogP contribution in [0.4, 0.5) is 5.82 Å². The number of nitrogens with zero attached hydrogens (tertiary/aromatic N) is 4. The highest BCUT2D eigenvalue weighted by Gasteiger charge is 2.19. The number of anilines is 1. The monoisotopic (exact) mass is 220 g/mol. The van der Waals surface area contributed by atoms with Crippen molar-refractivity contribution >= 4 is 5.82 Å². The van der Waals surface area contributed by atoms with E-state index >= 15 is 0 Å². The van der Waals surface area contributed by atoms with Crippen LogP contribution >= 0.6 is 0 Å². The largest absolute Gasteiger partial charge is 0.354 e. The van der Waals surface area contributed by atoms with Crippen molar-refractivity contribution in [2.45, 2.75) is 26.8 Å². The molecular formula is C12H20N4. The van der Waals surface area contributed by atoms with Crippen LogP contribution in [0.15, 0.2) is 12.4 Å². The van der Waals surface area contributed by atoms with Gasteiger partial charge in [-0.3, -0.25) is 4.90 Å². The molecule has 16 heavy (non-hydrogen) atoms. The lowest BCUT2D eigenvalue weighted by Gasteiger charge is -2.37. The Morgan fingerprint density at radius 3 is 2.38 bits per heavy atom. The van der Waals surface area contributed by atoms with Crippen molar-refractivity contribution in [3.05, 3.63) is 18.1 Å². The molecule has 0 bridgehead atoms. The summed E-state index contributed by atoms with van der Waals surface area (Å²) < 4.78 is 0. The Morgan fingerprint density at radius 2 is 1.81 bits per heavy atom. The molecule has 1 aromatic rings. The van der Waals surface area contributed by atoms with Crippen LogP contribution < -0.4 is 4.90 Å². The van der Waals surface area contributed by atoms with Gasteiger partial charge in [0.25, 0.3) is 0 Å². The summed E-state index contributed by atoms with van der Waals surface area (Å²) >= 11 is 0. The molecular weight excluding hydrogens is 200 g/mol. The van der Waals surface area contributed by atoms with E-state index in [0.29, 0.717) is 6.04 Å². The van der Waals surface area contributed by atoms with E-state index in [-0.39, 0.29) is 0 Å². The second kappa shape index (κ2) is 4.78. The molecule has 0 unspecified atom stereocenters. The number of aryl methyl sites for hydroxylation is 1. The van der Waals surface area contributed by atoms with E-state index < -0.39 is 0 Å². The molecule has 1 aliphatic rings. The van der Waals surface area contributed by atoms with Crippen molar-refractivity contribution in [3.63, 3.8) is 0 Å². The second-order valence-electron chi connectivity index (χ2n) is 4.63. The van der Waals surface area contributed by atoms with Gasteiger partial charge in [0.2, 0.25) is 0 Å². The van der Waals surface area contributed by atoms with Crippen LogP contribution in [-0.4, -0.2) is 47.1 Å². The van der Waals surface area contributed by atoms with Crippen LogP contribution in [0.1, 0.15) is 19.5 Å². The van der Waals surface area contributed by atoms with Gasteiger partial charge in [0.15, 0.2) is 0 Å². The van der Waals surface area contributed by atoms with E-state index in [1.807, 2.05) is 6.92 Å². The zero-order valence-corrected chi connectivity index (χ0v) is 10.3. The SMILES string of the molecule is Cc1cc(N2CCN(C(C)C)CC2)ncn1. The Bertz CT molecular complexity index is 343. The zero-order valence-electron chi connectivity index (χ0n) is 10.3. The maximum absolute atomic E-state index is 4.33. The van der Waals surface area contributed by atoms with Gasteiger partial charge in [-0.1, -0.05) is 0 Å². The van der Waals surface area contributed by atoms with Crippen LogP contribution in [0.5, 0.6) is 0 Å². The van der Waals surface area contributed by atoms with Gasteiger partial charge in [0.05, 0.1) is 0 Å². The van der Waals surface area contributed by atoms with Gasteiger partial charge in [-0.05, 0) is 20.8 Å². The van der Waals surface area contributed by atoms with Crippen molar-refractivity contribution in [1.82, 2.24) is 14.9 Å². The maximum atomic E-state index is 4.33. The molecule has 1 saturated heterocycles. The van der Waals surface area contributed by atoms with E-state index in [9.17, 15) is 0 Å². The fraction of sp³-hybridized carbons (Fsp3) is 0.667. The lowest BCUT2D eigenvalue weighted by molar-refractivity contribution is 0.209. The molecule has 0 aromatic carbocycles. The third-order valence-corrected chi connectivity index (χ3v) is 3.16. The molecule has 0 aliphatic carbocycles. The Hall–Kier alpha value is -1.16. The summed E-state index contributed by atoms with van der Waals surface area (Å²) in [6.45, 7) is 10.9. The minimum Gasteiger partial charge on any atom is -0.354 e. The highest BCUT2D eigenvalue weighted by atomic mass is 15.3. The van der Waals surface area contributed by atoms with Gasteiger partial charge in [0.1, 0.15) is 12.1 Å². The lowest BCUT2D eigenvalue weighted by Crippen LogP contribution is -2.49. The Morgan fingerprint density at radius 1 is 1.12 bits per heavy atom. The maximum Gasteiger partial charge on any atom is 0.132 e. The number of aromatic nitrogens is 2. The Balaban J connectivity index is 1.99. The summed E-state index contributed by atoms with van der Waals surface area (Å²) in [5.74, 6) is 1.07. The molecule has 4 nitrogen and oxygen atoms in total. The molecule has 0 spiro atoms. The highest BCUT2D eigenvalue weighted by molar-refractivity contribution is 5.39. The first-order valence-electron chi connectivity index (χ1n) is 5.94. The third kappa shape index (κ3) is 2.50. The molecule has 0 amide bonds. The van der Waals surface area contributed by atoms with E-state index in [1.54, 1.807) is 6.33 Å². The quantitative estimate of drug-likeness (QED) is 0.752. The summed E-state index contributed by atoms with van der Waals surface area (Å²) in [6, 6.07) is 2.71. The lowest BCUT2D eigenvalue weighted by atomic mass is 10.2. The van der Waals surface area contributed by atoms with Gasteiger partial charge >= 0.3 is 0 Å². The van der Waals surface area contributed by atoms with Crippen molar-refractivity contribution in [3.8, 4) is 0 Å². The molecule has 0 saturated carbocycles. The average molecular weight is 220 g/mol. The van der Waals surface area contributed by atoms with Gasteiger partial charge < -0.3 is 4.90 Å². The van der Waals surface area contributed by atoms with Crippen molar-refractivity contribution in [2.24, 2.45) is 0 Å². The fourth-order valence-electron chi connectivity index (χ4n) is 2.08. The van der Waals surface area contributed by atoms with Crippen LogP contribution in [0.25, 0.3) is 0 Å². The predicted molar refractivity (Wildman–Crippen MR) is 65.7 cm³/mol. The van der Waals surface area contributed by atoms with Crippen LogP contribution in [-0.2, 0) is 0 Å².